The summed E-state index contributed by atoms with van der Waals surface area (Å²) < 4.78 is 14.3. The van der Waals surface area contributed by atoms with Crippen LogP contribution in [0, 0.1) is 0 Å². The van der Waals surface area contributed by atoms with E-state index in [1.807, 2.05) is 30.3 Å². The van der Waals surface area contributed by atoms with Gasteiger partial charge in [-0.3, -0.25) is 4.98 Å². The van der Waals surface area contributed by atoms with Gasteiger partial charge in [-0.1, -0.05) is 18.2 Å². The molecule has 0 spiro atoms. The molecule has 0 aliphatic carbocycles. The first-order valence-electron chi connectivity index (χ1n) is 5.03. The van der Waals surface area contributed by atoms with Crippen LogP contribution in [0.2, 0.25) is 0 Å². The third kappa shape index (κ3) is 1.23. The van der Waals surface area contributed by atoms with Crippen LogP contribution in [0.15, 0.2) is 36.5 Å². The highest BCUT2D eigenvalue weighted by atomic mass is 19.1. The average molecular weight is 202 g/mol. The van der Waals surface area contributed by atoms with E-state index in [1.165, 1.54) is 0 Å². The zero-order chi connectivity index (χ0) is 10.3. The van der Waals surface area contributed by atoms with Gasteiger partial charge in [0, 0.05) is 30.2 Å². The quantitative estimate of drug-likeness (QED) is 0.765. The molecule has 1 aliphatic rings. The number of fused-ring (bicyclic) bond motifs is 1. The van der Waals surface area contributed by atoms with Crippen molar-refractivity contribution in [2.75, 3.05) is 13.1 Å². The first-order valence-corrected chi connectivity index (χ1v) is 5.03. The van der Waals surface area contributed by atoms with Crippen molar-refractivity contribution in [1.29, 1.82) is 0 Å². The summed E-state index contributed by atoms with van der Waals surface area (Å²) in [6.45, 7) is 0.808. The number of pyridine rings is 1. The molecule has 0 unspecified atom stereocenters. The van der Waals surface area contributed by atoms with E-state index in [1.54, 1.807) is 6.20 Å². The van der Waals surface area contributed by atoms with Crippen LogP contribution in [-0.2, 0) is 5.67 Å². The molecule has 1 fully saturated rings. The van der Waals surface area contributed by atoms with Crippen molar-refractivity contribution in [2.45, 2.75) is 5.67 Å². The number of alkyl halides is 1. The molecule has 2 aromatic rings. The first-order chi connectivity index (χ1) is 7.30. The van der Waals surface area contributed by atoms with E-state index in [4.69, 9.17) is 0 Å². The van der Waals surface area contributed by atoms with Gasteiger partial charge in [0.1, 0.15) is 0 Å². The van der Waals surface area contributed by atoms with Crippen molar-refractivity contribution >= 4 is 10.9 Å². The highest BCUT2D eigenvalue weighted by Gasteiger charge is 2.39. The lowest BCUT2D eigenvalue weighted by atomic mass is 9.87. The monoisotopic (exact) mass is 202 g/mol. The SMILES string of the molecule is FC1(c2cccc3ncccc23)CNC1. The Morgan fingerprint density at radius 3 is 2.80 bits per heavy atom. The van der Waals surface area contributed by atoms with Crippen LogP contribution in [0.4, 0.5) is 4.39 Å². The Morgan fingerprint density at radius 2 is 2.07 bits per heavy atom. The fraction of sp³-hybridized carbons (Fsp3) is 0.250. The summed E-state index contributed by atoms with van der Waals surface area (Å²) in [4.78, 5) is 4.23. The van der Waals surface area contributed by atoms with Crippen LogP contribution in [0.5, 0.6) is 0 Å². The molecule has 1 aromatic carbocycles. The van der Waals surface area contributed by atoms with Crippen molar-refractivity contribution in [3.05, 3.63) is 42.1 Å². The number of nitrogens with zero attached hydrogens (tertiary/aromatic N) is 1. The van der Waals surface area contributed by atoms with E-state index in [0.29, 0.717) is 13.1 Å². The molecule has 0 radical (unpaired) electrons. The molecule has 1 saturated heterocycles. The summed E-state index contributed by atoms with van der Waals surface area (Å²) in [5.74, 6) is 0. The molecule has 0 atom stereocenters. The third-order valence-electron chi connectivity index (χ3n) is 2.94. The minimum Gasteiger partial charge on any atom is -0.310 e. The number of nitrogens with one attached hydrogen (secondary N) is 1. The number of halogens is 1. The molecule has 0 amide bonds. The minimum absolute atomic E-state index is 0.404. The topological polar surface area (TPSA) is 24.9 Å². The summed E-state index contributed by atoms with van der Waals surface area (Å²) in [7, 11) is 0. The molecule has 2 heterocycles. The van der Waals surface area contributed by atoms with Gasteiger partial charge in [-0.2, -0.15) is 0 Å². The van der Waals surface area contributed by atoms with Crippen LogP contribution in [0.25, 0.3) is 10.9 Å². The van der Waals surface area contributed by atoms with Gasteiger partial charge in [0.2, 0.25) is 0 Å². The summed E-state index contributed by atoms with van der Waals surface area (Å²) in [6.07, 6.45) is 1.73. The molecule has 1 aromatic heterocycles. The third-order valence-corrected chi connectivity index (χ3v) is 2.94. The Morgan fingerprint density at radius 1 is 1.20 bits per heavy atom. The van der Waals surface area contributed by atoms with Crippen LogP contribution < -0.4 is 5.32 Å². The van der Waals surface area contributed by atoms with E-state index in [2.05, 4.69) is 10.3 Å². The standard InChI is InChI=1S/C12H11FN2/c13-12(7-14-8-12)10-4-1-5-11-9(10)3-2-6-15-11/h1-6,14H,7-8H2. The molecule has 3 heteroatoms. The summed E-state index contributed by atoms with van der Waals surface area (Å²) >= 11 is 0. The Kier molecular flexibility index (Phi) is 1.76. The highest BCUT2D eigenvalue weighted by Crippen LogP contribution is 2.34. The van der Waals surface area contributed by atoms with Gasteiger partial charge in [0.15, 0.2) is 5.67 Å². The van der Waals surface area contributed by atoms with E-state index < -0.39 is 5.67 Å². The van der Waals surface area contributed by atoms with E-state index in [-0.39, 0.29) is 0 Å². The fourth-order valence-corrected chi connectivity index (χ4v) is 2.03. The molecule has 0 saturated carbocycles. The molecule has 0 bridgehead atoms. The van der Waals surface area contributed by atoms with Crippen molar-refractivity contribution in [3.63, 3.8) is 0 Å². The van der Waals surface area contributed by atoms with Crippen molar-refractivity contribution in [3.8, 4) is 0 Å². The first kappa shape index (κ1) is 8.80. The Balaban J connectivity index is 2.26. The van der Waals surface area contributed by atoms with Gasteiger partial charge in [-0.25, -0.2) is 4.39 Å². The van der Waals surface area contributed by atoms with Gasteiger partial charge in [0.25, 0.3) is 0 Å². The van der Waals surface area contributed by atoms with Gasteiger partial charge in [-0.15, -0.1) is 0 Å². The maximum atomic E-state index is 14.3. The largest absolute Gasteiger partial charge is 0.310 e. The number of rotatable bonds is 1. The lowest BCUT2D eigenvalue weighted by Crippen LogP contribution is -2.53. The second-order valence-corrected chi connectivity index (χ2v) is 3.94. The van der Waals surface area contributed by atoms with Gasteiger partial charge >= 0.3 is 0 Å². The van der Waals surface area contributed by atoms with E-state index in [9.17, 15) is 4.39 Å². The molecular weight excluding hydrogens is 191 g/mol. The van der Waals surface area contributed by atoms with E-state index >= 15 is 0 Å². The molecule has 3 rings (SSSR count). The molecule has 1 aliphatic heterocycles. The zero-order valence-electron chi connectivity index (χ0n) is 8.20. The molecule has 15 heavy (non-hydrogen) atoms. The van der Waals surface area contributed by atoms with Gasteiger partial charge in [0.05, 0.1) is 5.52 Å². The van der Waals surface area contributed by atoms with Gasteiger partial charge in [-0.05, 0) is 12.1 Å². The van der Waals surface area contributed by atoms with Crippen LogP contribution >= 0.6 is 0 Å². The second-order valence-electron chi connectivity index (χ2n) is 3.94. The zero-order valence-corrected chi connectivity index (χ0v) is 8.20. The Labute approximate surface area is 87.1 Å². The molecule has 2 nitrogen and oxygen atoms in total. The second kappa shape index (κ2) is 3.00. The molecule has 76 valence electrons. The highest BCUT2D eigenvalue weighted by molar-refractivity contribution is 5.83. The smallest absolute Gasteiger partial charge is 0.161 e. The normalized spacial score (nSPS) is 18.7. The molecular formula is C12H11FN2. The maximum Gasteiger partial charge on any atom is 0.161 e. The van der Waals surface area contributed by atoms with Crippen LogP contribution in [0.1, 0.15) is 5.56 Å². The average Bonchev–Trinajstić information content (AvgIpc) is 2.25. The number of hydrogen-bond acceptors (Lipinski definition) is 2. The summed E-state index contributed by atoms with van der Waals surface area (Å²) in [6, 6.07) is 9.40. The summed E-state index contributed by atoms with van der Waals surface area (Å²) in [5, 5.41) is 3.89. The lowest BCUT2D eigenvalue weighted by molar-refractivity contribution is 0.0908. The number of hydrogen-bond donors (Lipinski definition) is 1. The predicted octanol–water partition coefficient (Wildman–Crippen LogP) is 2.00. The van der Waals surface area contributed by atoms with Crippen molar-refractivity contribution in [2.24, 2.45) is 0 Å². The fourth-order valence-electron chi connectivity index (χ4n) is 2.03. The number of benzene rings is 1. The van der Waals surface area contributed by atoms with Crippen LogP contribution in [-0.4, -0.2) is 18.1 Å². The van der Waals surface area contributed by atoms with Crippen molar-refractivity contribution in [1.82, 2.24) is 10.3 Å². The lowest BCUT2D eigenvalue weighted by Gasteiger charge is -2.36. The predicted molar refractivity (Wildman–Crippen MR) is 57.4 cm³/mol. The van der Waals surface area contributed by atoms with Crippen LogP contribution in [0.3, 0.4) is 0 Å². The Bertz CT molecular complexity index is 500. The van der Waals surface area contributed by atoms with Gasteiger partial charge < -0.3 is 5.32 Å². The minimum atomic E-state index is -1.21. The molecule has 1 N–H and O–H groups in total. The maximum absolute atomic E-state index is 14.3. The van der Waals surface area contributed by atoms with E-state index in [0.717, 1.165) is 16.5 Å². The van der Waals surface area contributed by atoms with Crippen molar-refractivity contribution < 1.29 is 4.39 Å². The summed E-state index contributed by atoms with van der Waals surface area (Å²) in [5.41, 5.74) is 0.411. The Hall–Kier alpha value is -1.48. The number of aromatic nitrogens is 1.